The number of carbonyl (C=O) groups is 1. The zero-order chi connectivity index (χ0) is 10.6. The average molecular weight is 196 g/mol. The molecule has 0 radical (unpaired) electrons. The highest BCUT2D eigenvalue weighted by Gasteiger charge is 2.10. The molecule has 0 saturated carbocycles. The van der Waals surface area contributed by atoms with Gasteiger partial charge in [-0.3, -0.25) is 9.48 Å². The molecule has 0 aliphatic heterocycles. The van der Waals surface area contributed by atoms with E-state index in [1.54, 1.807) is 10.9 Å². The Labute approximate surface area is 83.1 Å². The van der Waals surface area contributed by atoms with Crippen molar-refractivity contribution in [2.75, 3.05) is 5.73 Å². The third kappa shape index (κ3) is 2.48. The molecule has 0 aliphatic rings. The highest BCUT2D eigenvalue weighted by Crippen LogP contribution is 2.09. The van der Waals surface area contributed by atoms with E-state index in [4.69, 9.17) is 11.5 Å². The van der Waals surface area contributed by atoms with Crippen LogP contribution in [0.3, 0.4) is 0 Å². The van der Waals surface area contributed by atoms with Gasteiger partial charge < -0.3 is 11.5 Å². The minimum atomic E-state index is -0.572. The maximum absolute atomic E-state index is 10.8. The molecule has 0 saturated heterocycles. The summed E-state index contributed by atoms with van der Waals surface area (Å²) in [4.78, 5) is 10.8. The second-order valence-electron chi connectivity index (χ2n) is 3.27. The van der Waals surface area contributed by atoms with Crippen LogP contribution < -0.4 is 11.5 Å². The van der Waals surface area contributed by atoms with Crippen LogP contribution in [0.2, 0.25) is 0 Å². The second-order valence-corrected chi connectivity index (χ2v) is 3.27. The Balaban J connectivity index is 2.62. The zero-order valence-electron chi connectivity index (χ0n) is 8.36. The van der Waals surface area contributed by atoms with Crippen LogP contribution in [0.4, 0.5) is 5.69 Å². The van der Waals surface area contributed by atoms with Gasteiger partial charge in [0.2, 0.25) is 0 Å². The Kier molecular flexibility index (Phi) is 3.50. The molecule has 14 heavy (non-hydrogen) atoms. The first-order chi connectivity index (χ1) is 6.65. The lowest BCUT2D eigenvalue weighted by Gasteiger charge is -1.98. The van der Waals surface area contributed by atoms with Crippen LogP contribution in [-0.2, 0) is 6.54 Å². The second kappa shape index (κ2) is 4.64. The van der Waals surface area contributed by atoms with Gasteiger partial charge in [-0.15, -0.1) is 0 Å². The molecule has 0 spiro atoms. The maximum atomic E-state index is 10.8. The molecule has 1 amide bonds. The van der Waals surface area contributed by atoms with E-state index in [9.17, 15) is 4.79 Å². The van der Waals surface area contributed by atoms with Gasteiger partial charge in [0.15, 0.2) is 5.69 Å². The molecule has 0 fully saturated rings. The van der Waals surface area contributed by atoms with E-state index in [-0.39, 0.29) is 5.69 Å². The van der Waals surface area contributed by atoms with Gasteiger partial charge in [0.1, 0.15) is 0 Å². The lowest BCUT2D eigenvalue weighted by Crippen LogP contribution is -2.14. The number of unbranched alkanes of at least 4 members (excludes halogenated alkanes) is 2. The summed E-state index contributed by atoms with van der Waals surface area (Å²) < 4.78 is 1.67. The first-order valence-electron chi connectivity index (χ1n) is 4.78. The van der Waals surface area contributed by atoms with Crippen LogP contribution in [0.5, 0.6) is 0 Å². The van der Waals surface area contributed by atoms with Crippen LogP contribution in [0, 0.1) is 0 Å². The van der Waals surface area contributed by atoms with Crippen molar-refractivity contribution in [2.45, 2.75) is 32.7 Å². The molecule has 0 unspecified atom stereocenters. The van der Waals surface area contributed by atoms with Crippen LogP contribution in [-0.4, -0.2) is 15.7 Å². The number of nitrogens with zero attached hydrogens (tertiary/aromatic N) is 2. The molecule has 5 heteroatoms. The summed E-state index contributed by atoms with van der Waals surface area (Å²) in [5, 5.41) is 4.00. The summed E-state index contributed by atoms with van der Waals surface area (Å²) in [7, 11) is 0. The Morgan fingerprint density at radius 1 is 1.57 bits per heavy atom. The largest absolute Gasteiger partial charge is 0.396 e. The maximum Gasteiger partial charge on any atom is 0.271 e. The fraction of sp³-hybridized carbons (Fsp3) is 0.556. The number of primary amides is 1. The van der Waals surface area contributed by atoms with Gasteiger partial charge in [-0.25, -0.2) is 0 Å². The number of nitrogens with two attached hydrogens (primary N) is 2. The number of aryl methyl sites for hydroxylation is 1. The van der Waals surface area contributed by atoms with E-state index in [1.165, 1.54) is 0 Å². The van der Waals surface area contributed by atoms with Crippen molar-refractivity contribution in [1.82, 2.24) is 9.78 Å². The first-order valence-corrected chi connectivity index (χ1v) is 4.78. The third-order valence-electron chi connectivity index (χ3n) is 2.01. The van der Waals surface area contributed by atoms with E-state index < -0.39 is 5.91 Å². The van der Waals surface area contributed by atoms with Gasteiger partial charge in [-0.2, -0.15) is 5.10 Å². The Morgan fingerprint density at radius 3 is 2.79 bits per heavy atom. The van der Waals surface area contributed by atoms with Crippen LogP contribution in [0.1, 0.15) is 36.7 Å². The summed E-state index contributed by atoms with van der Waals surface area (Å²) in [6, 6.07) is 0. The molecule has 5 nitrogen and oxygen atoms in total. The highest BCUT2D eigenvalue weighted by atomic mass is 16.1. The lowest BCUT2D eigenvalue weighted by atomic mass is 10.2. The van der Waals surface area contributed by atoms with E-state index in [2.05, 4.69) is 12.0 Å². The number of carbonyl (C=O) groups excluding carboxylic acids is 1. The van der Waals surface area contributed by atoms with Crippen molar-refractivity contribution in [3.8, 4) is 0 Å². The fourth-order valence-electron chi connectivity index (χ4n) is 1.27. The van der Waals surface area contributed by atoms with Crippen molar-refractivity contribution in [3.05, 3.63) is 11.9 Å². The van der Waals surface area contributed by atoms with Gasteiger partial charge in [0.25, 0.3) is 5.91 Å². The molecule has 1 heterocycles. The number of aromatic nitrogens is 2. The van der Waals surface area contributed by atoms with Gasteiger partial charge in [-0.05, 0) is 6.42 Å². The van der Waals surface area contributed by atoms with E-state index in [0.717, 1.165) is 25.8 Å². The molecular weight excluding hydrogens is 180 g/mol. The zero-order valence-corrected chi connectivity index (χ0v) is 8.36. The number of amides is 1. The Bertz CT molecular complexity index is 319. The van der Waals surface area contributed by atoms with Crippen molar-refractivity contribution >= 4 is 11.6 Å². The van der Waals surface area contributed by atoms with Crippen molar-refractivity contribution < 1.29 is 4.79 Å². The van der Waals surface area contributed by atoms with Crippen LogP contribution >= 0.6 is 0 Å². The number of rotatable bonds is 5. The molecule has 0 aromatic carbocycles. The minimum absolute atomic E-state index is 0.168. The fourth-order valence-corrected chi connectivity index (χ4v) is 1.27. The smallest absolute Gasteiger partial charge is 0.271 e. The van der Waals surface area contributed by atoms with Crippen molar-refractivity contribution in [1.29, 1.82) is 0 Å². The summed E-state index contributed by atoms with van der Waals surface area (Å²) in [6.07, 6.45) is 4.98. The summed E-state index contributed by atoms with van der Waals surface area (Å²) in [5.41, 5.74) is 11.2. The molecule has 1 aromatic rings. The number of hydrogen-bond acceptors (Lipinski definition) is 3. The van der Waals surface area contributed by atoms with Crippen LogP contribution in [0.15, 0.2) is 6.20 Å². The van der Waals surface area contributed by atoms with Gasteiger partial charge in [0.05, 0.1) is 5.69 Å². The first kappa shape index (κ1) is 10.6. The van der Waals surface area contributed by atoms with Gasteiger partial charge >= 0.3 is 0 Å². The number of nitrogen functional groups attached to an aromatic ring is 1. The molecule has 1 rings (SSSR count). The molecule has 0 bridgehead atoms. The van der Waals surface area contributed by atoms with Crippen molar-refractivity contribution in [2.24, 2.45) is 5.73 Å². The van der Waals surface area contributed by atoms with Gasteiger partial charge in [0, 0.05) is 12.7 Å². The molecule has 1 aromatic heterocycles. The predicted octanol–water partition coefficient (Wildman–Crippen LogP) is 0.754. The van der Waals surface area contributed by atoms with E-state index in [1.807, 2.05) is 0 Å². The standard InChI is InChI=1S/C9H16N4O/c1-2-3-4-5-13-6-7(10)8(12-13)9(11)14/h6H,2-5,10H2,1H3,(H2,11,14). The Hall–Kier alpha value is -1.52. The third-order valence-corrected chi connectivity index (χ3v) is 2.01. The summed E-state index contributed by atoms with van der Waals surface area (Å²) in [5.74, 6) is -0.572. The Morgan fingerprint density at radius 2 is 2.29 bits per heavy atom. The summed E-state index contributed by atoms with van der Waals surface area (Å²) in [6.45, 7) is 2.91. The topological polar surface area (TPSA) is 86.9 Å². The highest BCUT2D eigenvalue weighted by molar-refractivity contribution is 5.95. The molecule has 78 valence electrons. The summed E-state index contributed by atoms with van der Waals surface area (Å²) >= 11 is 0. The quantitative estimate of drug-likeness (QED) is 0.681. The molecule has 0 atom stereocenters. The molecule has 4 N–H and O–H groups in total. The van der Waals surface area contributed by atoms with Gasteiger partial charge in [-0.1, -0.05) is 19.8 Å². The number of anilines is 1. The average Bonchev–Trinajstić information content (AvgIpc) is 2.47. The van der Waals surface area contributed by atoms with E-state index >= 15 is 0 Å². The lowest BCUT2D eigenvalue weighted by molar-refractivity contribution is 0.0995. The minimum Gasteiger partial charge on any atom is -0.396 e. The van der Waals surface area contributed by atoms with Crippen LogP contribution in [0.25, 0.3) is 0 Å². The number of hydrogen-bond donors (Lipinski definition) is 2. The molecular formula is C9H16N4O. The SMILES string of the molecule is CCCCCn1cc(N)c(C(N)=O)n1. The normalized spacial score (nSPS) is 10.4. The monoisotopic (exact) mass is 196 g/mol. The molecule has 0 aliphatic carbocycles. The predicted molar refractivity (Wildman–Crippen MR) is 54.7 cm³/mol. The van der Waals surface area contributed by atoms with Crippen molar-refractivity contribution in [3.63, 3.8) is 0 Å². The van der Waals surface area contributed by atoms with E-state index in [0.29, 0.717) is 5.69 Å².